The highest BCUT2D eigenvalue weighted by atomic mass is 16.1. The third-order valence-electron chi connectivity index (χ3n) is 2.50. The number of para-hydroxylation sites is 1. The van der Waals surface area contributed by atoms with E-state index >= 15 is 0 Å². The monoisotopic (exact) mass is 226 g/mol. The summed E-state index contributed by atoms with van der Waals surface area (Å²) in [5.74, 6) is 5.86. The number of carbonyl (C=O) groups excluding carboxylic acids is 1. The predicted molar refractivity (Wildman–Crippen MR) is 68.7 cm³/mol. The van der Waals surface area contributed by atoms with E-state index in [9.17, 15) is 4.79 Å². The van der Waals surface area contributed by atoms with Crippen molar-refractivity contribution in [3.63, 3.8) is 0 Å². The highest BCUT2D eigenvalue weighted by molar-refractivity contribution is 5.99. The molecule has 3 heteroatoms. The van der Waals surface area contributed by atoms with E-state index in [1.807, 2.05) is 48.5 Å². The fourth-order valence-electron chi connectivity index (χ4n) is 1.58. The number of ketones is 1. The summed E-state index contributed by atoms with van der Waals surface area (Å²) in [6, 6.07) is 18.6. The summed E-state index contributed by atoms with van der Waals surface area (Å²) >= 11 is 0. The van der Waals surface area contributed by atoms with Crippen LogP contribution >= 0.6 is 0 Å². The molecule has 2 rings (SSSR count). The van der Waals surface area contributed by atoms with Gasteiger partial charge in [-0.3, -0.25) is 4.79 Å². The van der Waals surface area contributed by atoms with Crippen molar-refractivity contribution in [2.75, 3.05) is 11.6 Å². The van der Waals surface area contributed by atoms with Gasteiger partial charge in [0, 0.05) is 5.56 Å². The molecule has 3 nitrogen and oxygen atoms in total. The highest BCUT2D eigenvalue weighted by Gasteiger charge is 2.09. The van der Waals surface area contributed by atoms with Gasteiger partial charge in [-0.1, -0.05) is 48.5 Å². The lowest BCUT2D eigenvalue weighted by Gasteiger charge is -2.17. The van der Waals surface area contributed by atoms with Crippen LogP contribution in [0.1, 0.15) is 10.4 Å². The first-order chi connectivity index (χ1) is 8.27. The van der Waals surface area contributed by atoms with Crippen LogP contribution in [0, 0.1) is 0 Å². The van der Waals surface area contributed by atoms with Gasteiger partial charge in [-0.15, -0.1) is 0 Å². The summed E-state index contributed by atoms with van der Waals surface area (Å²) in [6.07, 6.45) is 0. The molecule has 86 valence electrons. The van der Waals surface area contributed by atoms with Crippen LogP contribution in [-0.4, -0.2) is 12.3 Å². The molecule has 0 aromatic heterocycles. The Morgan fingerprint density at radius 1 is 0.941 bits per heavy atom. The molecule has 0 aliphatic rings. The molecule has 0 spiro atoms. The number of hydrogen-bond acceptors (Lipinski definition) is 3. The minimum Gasteiger partial charge on any atom is -0.303 e. The molecule has 2 N–H and O–H groups in total. The Balaban J connectivity index is 2.05. The molecule has 17 heavy (non-hydrogen) atoms. The molecular weight excluding hydrogens is 212 g/mol. The summed E-state index contributed by atoms with van der Waals surface area (Å²) < 4.78 is 0. The zero-order chi connectivity index (χ0) is 12.1. The quantitative estimate of drug-likeness (QED) is 0.494. The molecular formula is C14H14N2O. The maximum atomic E-state index is 11.9. The molecule has 0 amide bonds. The van der Waals surface area contributed by atoms with Crippen LogP contribution in [0.2, 0.25) is 0 Å². The van der Waals surface area contributed by atoms with Crippen molar-refractivity contribution in [2.45, 2.75) is 0 Å². The molecule has 2 aromatic carbocycles. The van der Waals surface area contributed by atoms with Crippen LogP contribution in [0.15, 0.2) is 60.7 Å². The fourth-order valence-corrected chi connectivity index (χ4v) is 1.58. The molecule has 0 atom stereocenters. The number of benzene rings is 2. The maximum absolute atomic E-state index is 11.9. The van der Waals surface area contributed by atoms with Crippen LogP contribution in [0.25, 0.3) is 0 Å². The lowest BCUT2D eigenvalue weighted by Crippen LogP contribution is -2.36. The average Bonchev–Trinajstić information content (AvgIpc) is 2.40. The van der Waals surface area contributed by atoms with E-state index in [2.05, 4.69) is 0 Å². The Kier molecular flexibility index (Phi) is 3.52. The van der Waals surface area contributed by atoms with Crippen molar-refractivity contribution in [3.05, 3.63) is 66.2 Å². The summed E-state index contributed by atoms with van der Waals surface area (Å²) in [4.78, 5) is 11.9. The van der Waals surface area contributed by atoms with Crippen LogP contribution in [-0.2, 0) is 0 Å². The number of Topliss-reactive ketones (excluding diaryl/α,β-unsaturated/α-hetero) is 1. The number of carbonyl (C=O) groups is 1. The Bertz CT molecular complexity index is 482. The van der Waals surface area contributed by atoms with Crippen LogP contribution < -0.4 is 10.9 Å². The van der Waals surface area contributed by atoms with Crippen molar-refractivity contribution in [1.82, 2.24) is 0 Å². The Morgan fingerprint density at radius 2 is 1.47 bits per heavy atom. The van der Waals surface area contributed by atoms with E-state index in [1.54, 1.807) is 12.1 Å². The summed E-state index contributed by atoms with van der Waals surface area (Å²) in [5, 5.41) is 1.45. The first-order valence-corrected chi connectivity index (χ1v) is 5.43. The van der Waals surface area contributed by atoms with Gasteiger partial charge in [0.2, 0.25) is 0 Å². The second-order valence-electron chi connectivity index (χ2n) is 3.75. The van der Waals surface area contributed by atoms with Crippen molar-refractivity contribution >= 4 is 11.5 Å². The minimum atomic E-state index is 0.0111. The van der Waals surface area contributed by atoms with Gasteiger partial charge >= 0.3 is 0 Å². The van der Waals surface area contributed by atoms with Crippen LogP contribution in [0.3, 0.4) is 0 Å². The standard InChI is InChI=1S/C14H14N2O/c15-16(13-9-5-2-6-10-13)11-14(17)12-7-3-1-4-8-12/h1-10H,11,15H2. The van der Waals surface area contributed by atoms with Gasteiger partial charge in [-0.25, -0.2) is 5.84 Å². The molecule has 0 saturated heterocycles. The van der Waals surface area contributed by atoms with Gasteiger partial charge in [-0.2, -0.15) is 0 Å². The Labute approximate surface area is 100 Å². The van der Waals surface area contributed by atoms with Crippen LogP contribution in [0.5, 0.6) is 0 Å². The molecule has 0 heterocycles. The molecule has 0 saturated carbocycles. The summed E-state index contributed by atoms with van der Waals surface area (Å²) in [7, 11) is 0. The number of anilines is 1. The zero-order valence-electron chi connectivity index (χ0n) is 9.41. The molecule has 0 aliphatic carbocycles. The lowest BCUT2D eigenvalue weighted by atomic mass is 10.1. The highest BCUT2D eigenvalue weighted by Crippen LogP contribution is 2.10. The minimum absolute atomic E-state index is 0.0111. The molecule has 2 aromatic rings. The second kappa shape index (κ2) is 5.27. The Morgan fingerprint density at radius 3 is 2.06 bits per heavy atom. The molecule has 0 radical (unpaired) electrons. The first-order valence-electron chi connectivity index (χ1n) is 5.43. The molecule has 0 unspecified atom stereocenters. The fraction of sp³-hybridized carbons (Fsp3) is 0.0714. The number of hydrogen-bond donors (Lipinski definition) is 1. The maximum Gasteiger partial charge on any atom is 0.183 e. The van der Waals surface area contributed by atoms with Crippen molar-refractivity contribution in [2.24, 2.45) is 5.84 Å². The normalized spacial score (nSPS) is 9.94. The molecule has 0 aliphatic heterocycles. The largest absolute Gasteiger partial charge is 0.303 e. The van der Waals surface area contributed by atoms with Crippen molar-refractivity contribution in [1.29, 1.82) is 0 Å². The number of nitrogens with two attached hydrogens (primary N) is 1. The first kappa shape index (κ1) is 11.4. The van der Waals surface area contributed by atoms with E-state index in [4.69, 9.17) is 5.84 Å². The van der Waals surface area contributed by atoms with Crippen molar-refractivity contribution in [3.8, 4) is 0 Å². The van der Waals surface area contributed by atoms with E-state index in [-0.39, 0.29) is 12.3 Å². The third kappa shape index (κ3) is 2.92. The van der Waals surface area contributed by atoms with Gasteiger partial charge < -0.3 is 5.01 Å². The SMILES string of the molecule is NN(CC(=O)c1ccccc1)c1ccccc1. The van der Waals surface area contributed by atoms with E-state index < -0.39 is 0 Å². The molecule has 0 fully saturated rings. The summed E-state index contributed by atoms with van der Waals surface area (Å²) in [6.45, 7) is 0.175. The smallest absolute Gasteiger partial charge is 0.183 e. The number of hydrazine groups is 1. The number of rotatable bonds is 4. The number of nitrogens with zero attached hydrogens (tertiary/aromatic N) is 1. The van der Waals surface area contributed by atoms with Gasteiger partial charge in [0.25, 0.3) is 0 Å². The van der Waals surface area contributed by atoms with Gasteiger partial charge in [0.1, 0.15) is 0 Å². The van der Waals surface area contributed by atoms with Gasteiger partial charge in [-0.05, 0) is 12.1 Å². The van der Waals surface area contributed by atoms with Crippen molar-refractivity contribution < 1.29 is 4.79 Å². The molecule has 0 bridgehead atoms. The van der Waals surface area contributed by atoms with Gasteiger partial charge in [0.05, 0.1) is 12.2 Å². The van der Waals surface area contributed by atoms with Gasteiger partial charge in [0.15, 0.2) is 5.78 Å². The summed E-state index contributed by atoms with van der Waals surface area (Å²) in [5.41, 5.74) is 1.51. The Hall–Kier alpha value is -2.13. The van der Waals surface area contributed by atoms with E-state index in [1.165, 1.54) is 5.01 Å². The van der Waals surface area contributed by atoms with E-state index in [0.29, 0.717) is 5.56 Å². The van der Waals surface area contributed by atoms with E-state index in [0.717, 1.165) is 5.69 Å². The average molecular weight is 226 g/mol. The second-order valence-corrected chi connectivity index (χ2v) is 3.75. The lowest BCUT2D eigenvalue weighted by molar-refractivity contribution is 0.0999. The third-order valence-corrected chi connectivity index (χ3v) is 2.50. The topological polar surface area (TPSA) is 46.3 Å². The predicted octanol–water partition coefficient (Wildman–Crippen LogP) is 2.25. The zero-order valence-corrected chi connectivity index (χ0v) is 9.41. The van der Waals surface area contributed by atoms with Crippen LogP contribution in [0.4, 0.5) is 5.69 Å².